The lowest BCUT2D eigenvalue weighted by Gasteiger charge is -1.97. The van der Waals surface area contributed by atoms with Gasteiger partial charge >= 0.3 is 0 Å². The Balaban J connectivity index is 2.01. The number of aryl methyl sites for hydroxylation is 2. The van der Waals surface area contributed by atoms with Crippen LogP contribution in [-0.2, 0) is 12.8 Å². The van der Waals surface area contributed by atoms with Crippen LogP contribution in [0.5, 0.6) is 0 Å². The first kappa shape index (κ1) is 11.8. The quantitative estimate of drug-likeness (QED) is 0.855. The molecule has 0 saturated carbocycles. The van der Waals surface area contributed by atoms with Crippen molar-refractivity contribution in [3.05, 3.63) is 47.1 Å². The minimum absolute atomic E-state index is 0.148. The van der Waals surface area contributed by atoms with E-state index < -0.39 is 0 Å². The van der Waals surface area contributed by atoms with Crippen LogP contribution >= 0.6 is 0 Å². The molecule has 90 valence electrons. The normalized spacial score (nSPS) is 10.7. The molecule has 0 saturated heterocycles. The van der Waals surface area contributed by atoms with Gasteiger partial charge < -0.3 is 9.63 Å². The van der Waals surface area contributed by atoms with E-state index in [4.69, 9.17) is 9.63 Å². The van der Waals surface area contributed by atoms with Crippen LogP contribution in [0, 0.1) is 6.92 Å². The minimum atomic E-state index is 0.148. The Bertz CT molecular complexity index is 480. The number of rotatable bonds is 5. The van der Waals surface area contributed by atoms with Gasteiger partial charge in [-0.05, 0) is 18.9 Å². The molecule has 0 aliphatic heterocycles. The number of aliphatic hydroxyl groups is 1. The van der Waals surface area contributed by atoms with Crippen molar-refractivity contribution in [2.24, 2.45) is 0 Å². The van der Waals surface area contributed by atoms with Crippen LogP contribution in [0.3, 0.4) is 0 Å². The Morgan fingerprint density at radius 2 is 2.24 bits per heavy atom. The molecule has 2 aromatic rings. The maximum atomic E-state index is 8.71. The van der Waals surface area contributed by atoms with Gasteiger partial charge in [-0.15, -0.1) is 0 Å². The van der Waals surface area contributed by atoms with Crippen molar-refractivity contribution in [3.8, 4) is 0 Å². The third-order valence-corrected chi connectivity index (χ3v) is 2.50. The molecule has 0 fully saturated rings. The molecule has 1 aromatic heterocycles. The highest BCUT2D eigenvalue weighted by Crippen LogP contribution is 2.09. The summed E-state index contributed by atoms with van der Waals surface area (Å²) in [6, 6.07) is 8.25. The lowest BCUT2D eigenvalue weighted by atomic mass is 10.1. The van der Waals surface area contributed by atoms with E-state index in [0.29, 0.717) is 31.0 Å². The molecule has 1 N–H and O–H groups in total. The fourth-order valence-corrected chi connectivity index (χ4v) is 1.70. The Kier molecular flexibility index (Phi) is 3.88. The van der Waals surface area contributed by atoms with Crippen LogP contribution in [0.15, 0.2) is 28.8 Å². The first-order chi connectivity index (χ1) is 8.28. The number of nitrogens with zero attached hydrogens (tertiary/aromatic N) is 2. The van der Waals surface area contributed by atoms with E-state index in [1.165, 1.54) is 11.1 Å². The first-order valence-electron chi connectivity index (χ1n) is 5.76. The number of benzene rings is 1. The fraction of sp³-hybridized carbons (Fsp3) is 0.385. The van der Waals surface area contributed by atoms with Gasteiger partial charge in [-0.25, -0.2) is 0 Å². The third kappa shape index (κ3) is 3.39. The summed E-state index contributed by atoms with van der Waals surface area (Å²) in [6.45, 7) is 2.21. The largest absolute Gasteiger partial charge is 0.396 e. The van der Waals surface area contributed by atoms with Crippen molar-refractivity contribution in [1.82, 2.24) is 10.1 Å². The van der Waals surface area contributed by atoms with E-state index in [1.54, 1.807) is 0 Å². The number of hydrogen-bond donors (Lipinski definition) is 1. The summed E-state index contributed by atoms with van der Waals surface area (Å²) in [4.78, 5) is 4.28. The van der Waals surface area contributed by atoms with E-state index >= 15 is 0 Å². The van der Waals surface area contributed by atoms with Crippen molar-refractivity contribution < 1.29 is 9.63 Å². The molecule has 0 aliphatic rings. The van der Waals surface area contributed by atoms with Crippen molar-refractivity contribution in [2.75, 3.05) is 6.61 Å². The molecule has 0 unspecified atom stereocenters. The SMILES string of the molecule is Cc1cccc(Cc2noc(CCCO)n2)c1. The molecular weight excluding hydrogens is 216 g/mol. The van der Waals surface area contributed by atoms with Crippen molar-refractivity contribution in [1.29, 1.82) is 0 Å². The first-order valence-corrected chi connectivity index (χ1v) is 5.76. The molecule has 0 bridgehead atoms. The zero-order valence-electron chi connectivity index (χ0n) is 9.89. The number of aromatic nitrogens is 2. The van der Waals surface area contributed by atoms with Crippen LogP contribution in [-0.4, -0.2) is 21.9 Å². The average molecular weight is 232 g/mol. The highest BCUT2D eigenvalue weighted by atomic mass is 16.5. The molecule has 0 radical (unpaired) electrons. The molecule has 0 spiro atoms. The van der Waals surface area contributed by atoms with Crippen molar-refractivity contribution in [2.45, 2.75) is 26.2 Å². The molecule has 0 aliphatic carbocycles. The average Bonchev–Trinajstić information content (AvgIpc) is 2.74. The predicted octanol–water partition coefficient (Wildman–Crippen LogP) is 1.89. The monoisotopic (exact) mass is 232 g/mol. The molecule has 1 heterocycles. The lowest BCUT2D eigenvalue weighted by Crippen LogP contribution is -1.93. The van der Waals surface area contributed by atoms with Gasteiger partial charge in [0.2, 0.25) is 5.89 Å². The molecular formula is C13H16N2O2. The van der Waals surface area contributed by atoms with Crippen molar-refractivity contribution >= 4 is 0 Å². The van der Waals surface area contributed by atoms with Gasteiger partial charge in [0.1, 0.15) is 0 Å². The summed E-state index contributed by atoms with van der Waals surface area (Å²) in [5.41, 5.74) is 2.41. The topological polar surface area (TPSA) is 59.2 Å². The maximum Gasteiger partial charge on any atom is 0.226 e. The summed E-state index contributed by atoms with van der Waals surface area (Å²) < 4.78 is 5.10. The zero-order chi connectivity index (χ0) is 12.1. The maximum absolute atomic E-state index is 8.71. The van der Waals surface area contributed by atoms with Crippen molar-refractivity contribution in [3.63, 3.8) is 0 Å². The van der Waals surface area contributed by atoms with Gasteiger partial charge in [-0.1, -0.05) is 35.0 Å². The summed E-state index contributed by atoms with van der Waals surface area (Å²) in [5.74, 6) is 1.30. The second-order valence-corrected chi connectivity index (χ2v) is 4.10. The standard InChI is InChI=1S/C13H16N2O2/c1-10-4-2-5-11(8-10)9-12-14-13(17-15-12)6-3-7-16/h2,4-5,8,16H,3,6-7,9H2,1H3. The second kappa shape index (κ2) is 5.59. The zero-order valence-corrected chi connectivity index (χ0v) is 9.89. The van der Waals surface area contributed by atoms with Crippen LogP contribution in [0.25, 0.3) is 0 Å². The van der Waals surface area contributed by atoms with E-state index in [0.717, 1.165) is 0 Å². The molecule has 0 atom stereocenters. The molecule has 4 nitrogen and oxygen atoms in total. The van der Waals surface area contributed by atoms with Gasteiger partial charge in [0.25, 0.3) is 0 Å². The van der Waals surface area contributed by atoms with Crippen LogP contribution in [0.2, 0.25) is 0 Å². The van der Waals surface area contributed by atoms with Crippen LogP contribution in [0.4, 0.5) is 0 Å². The van der Waals surface area contributed by atoms with Gasteiger partial charge in [-0.3, -0.25) is 0 Å². The van der Waals surface area contributed by atoms with Crippen LogP contribution in [0.1, 0.15) is 29.3 Å². The van der Waals surface area contributed by atoms with E-state index in [-0.39, 0.29) is 6.61 Å². The van der Waals surface area contributed by atoms with E-state index in [1.807, 2.05) is 6.07 Å². The summed E-state index contributed by atoms with van der Waals surface area (Å²) in [5, 5.41) is 12.6. The second-order valence-electron chi connectivity index (χ2n) is 4.10. The molecule has 17 heavy (non-hydrogen) atoms. The van der Waals surface area contributed by atoms with Gasteiger partial charge in [-0.2, -0.15) is 4.98 Å². The molecule has 4 heteroatoms. The molecule has 2 rings (SSSR count). The lowest BCUT2D eigenvalue weighted by molar-refractivity contribution is 0.278. The predicted molar refractivity (Wildman–Crippen MR) is 63.7 cm³/mol. The highest BCUT2D eigenvalue weighted by Gasteiger charge is 2.06. The highest BCUT2D eigenvalue weighted by molar-refractivity contribution is 5.24. The minimum Gasteiger partial charge on any atom is -0.396 e. The Hall–Kier alpha value is -1.68. The van der Waals surface area contributed by atoms with Gasteiger partial charge in [0.05, 0.1) is 0 Å². The van der Waals surface area contributed by atoms with Crippen LogP contribution < -0.4 is 0 Å². The summed E-state index contributed by atoms with van der Waals surface area (Å²) in [6.07, 6.45) is 1.98. The Labute approximate surface area is 100 Å². The summed E-state index contributed by atoms with van der Waals surface area (Å²) in [7, 11) is 0. The third-order valence-electron chi connectivity index (χ3n) is 2.50. The van der Waals surface area contributed by atoms with E-state index in [9.17, 15) is 0 Å². The molecule has 0 amide bonds. The molecule has 1 aromatic carbocycles. The number of aliphatic hydroxyl groups excluding tert-OH is 1. The Morgan fingerprint density at radius 1 is 1.35 bits per heavy atom. The Morgan fingerprint density at radius 3 is 3.00 bits per heavy atom. The smallest absolute Gasteiger partial charge is 0.226 e. The fourth-order valence-electron chi connectivity index (χ4n) is 1.70. The van der Waals surface area contributed by atoms with Gasteiger partial charge in [0, 0.05) is 19.4 Å². The summed E-state index contributed by atoms with van der Waals surface area (Å²) >= 11 is 0. The number of hydrogen-bond acceptors (Lipinski definition) is 4. The van der Waals surface area contributed by atoms with E-state index in [2.05, 4.69) is 35.3 Å². The van der Waals surface area contributed by atoms with Gasteiger partial charge in [0.15, 0.2) is 5.82 Å².